The van der Waals surface area contributed by atoms with Crippen LogP contribution in [0.2, 0.25) is 23.7 Å². The summed E-state index contributed by atoms with van der Waals surface area (Å²) in [5.74, 6) is -0.763. The first-order chi connectivity index (χ1) is 12.6. The maximum Gasteiger partial charge on any atom is 0.416 e. The minimum absolute atomic E-state index is 0.0137. The van der Waals surface area contributed by atoms with E-state index in [1.807, 2.05) is 30.3 Å². The van der Waals surface area contributed by atoms with Crippen molar-refractivity contribution in [2.24, 2.45) is 11.0 Å². The molecular formula is C19H28N4O3Si. The van der Waals surface area contributed by atoms with Gasteiger partial charge in [-0.2, -0.15) is 0 Å². The Kier molecular flexibility index (Phi) is 6.33. The molecular weight excluding hydrogens is 360 g/mol. The lowest BCUT2D eigenvalue weighted by molar-refractivity contribution is -0.129. The molecule has 0 N–H and O–H groups in total. The van der Waals surface area contributed by atoms with E-state index in [4.69, 9.17) is 10.3 Å². The van der Waals surface area contributed by atoms with E-state index in [0.717, 1.165) is 5.56 Å². The van der Waals surface area contributed by atoms with Gasteiger partial charge in [0, 0.05) is 23.9 Å². The third-order valence-corrected chi connectivity index (χ3v) is 12.4. The number of hydrogen-bond donors (Lipinski definition) is 0. The lowest BCUT2D eigenvalue weighted by Gasteiger charge is -2.43. The molecule has 7 nitrogen and oxygen atoms in total. The highest BCUT2D eigenvalue weighted by atomic mass is 28.3. The third kappa shape index (κ3) is 4.51. The fourth-order valence-electron chi connectivity index (χ4n) is 3.37. The quantitative estimate of drug-likeness (QED) is 0.308. The Morgan fingerprint density at radius 1 is 1.33 bits per heavy atom. The molecule has 0 aliphatic carbocycles. The molecule has 27 heavy (non-hydrogen) atoms. The van der Waals surface area contributed by atoms with Gasteiger partial charge in [0.1, 0.15) is 6.61 Å². The molecule has 1 aliphatic heterocycles. The summed E-state index contributed by atoms with van der Waals surface area (Å²) in [5.41, 5.74) is 9.58. The van der Waals surface area contributed by atoms with Crippen LogP contribution in [0.1, 0.15) is 26.3 Å². The van der Waals surface area contributed by atoms with Crippen molar-refractivity contribution in [1.82, 2.24) is 4.90 Å². The van der Waals surface area contributed by atoms with Crippen LogP contribution in [0.25, 0.3) is 10.4 Å². The second kappa shape index (κ2) is 8.15. The summed E-state index contributed by atoms with van der Waals surface area (Å²) >= 11 is 0. The normalized spacial score (nSPS) is 20.3. The van der Waals surface area contributed by atoms with Gasteiger partial charge in [-0.1, -0.05) is 69.3 Å². The van der Waals surface area contributed by atoms with Gasteiger partial charge >= 0.3 is 6.09 Å². The molecule has 1 saturated heterocycles. The average molecular weight is 389 g/mol. The largest absolute Gasteiger partial charge is 0.444 e. The van der Waals surface area contributed by atoms with E-state index in [1.54, 1.807) is 0 Å². The Morgan fingerprint density at radius 2 is 1.96 bits per heavy atom. The maximum atomic E-state index is 12.9. The minimum atomic E-state index is -1.95. The first-order valence-electron chi connectivity index (χ1n) is 9.12. The monoisotopic (exact) mass is 388 g/mol. The molecule has 2 atom stereocenters. The van der Waals surface area contributed by atoms with Crippen molar-refractivity contribution in [3.05, 3.63) is 46.3 Å². The van der Waals surface area contributed by atoms with Gasteiger partial charge in [0.05, 0.1) is 8.07 Å². The molecule has 1 heterocycles. The smallest absolute Gasteiger partial charge is 0.416 e. The Balaban J connectivity index is 2.19. The van der Waals surface area contributed by atoms with E-state index < -0.39 is 20.1 Å². The van der Waals surface area contributed by atoms with Crippen molar-refractivity contribution in [3.63, 3.8) is 0 Å². The molecule has 0 unspecified atom stereocenters. The number of hydrogen-bond acceptors (Lipinski definition) is 4. The van der Waals surface area contributed by atoms with Crippen LogP contribution >= 0.6 is 0 Å². The van der Waals surface area contributed by atoms with Crippen molar-refractivity contribution in [1.29, 1.82) is 0 Å². The topological polar surface area (TPSA) is 95.4 Å². The van der Waals surface area contributed by atoms with Gasteiger partial charge in [-0.15, -0.1) is 0 Å². The number of nitrogens with zero attached hydrogens (tertiary/aromatic N) is 4. The summed E-state index contributed by atoms with van der Waals surface area (Å²) < 4.78 is 5.36. The zero-order valence-electron chi connectivity index (χ0n) is 16.7. The Morgan fingerprint density at radius 3 is 2.52 bits per heavy atom. The van der Waals surface area contributed by atoms with Crippen molar-refractivity contribution >= 4 is 20.1 Å². The zero-order valence-corrected chi connectivity index (χ0v) is 17.7. The second-order valence-electron chi connectivity index (χ2n) is 8.59. The second-order valence-corrected chi connectivity index (χ2v) is 14.3. The fraction of sp³-hybridized carbons (Fsp3) is 0.579. The van der Waals surface area contributed by atoms with E-state index in [0.29, 0.717) is 6.54 Å². The van der Waals surface area contributed by atoms with Crippen LogP contribution in [0, 0.1) is 5.92 Å². The fourth-order valence-corrected chi connectivity index (χ4v) is 6.37. The van der Waals surface area contributed by atoms with E-state index >= 15 is 0 Å². The molecule has 2 amide bonds. The van der Waals surface area contributed by atoms with Crippen molar-refractivity contribution in [2.75, 3.05) is 13.1 Å². The molecule has 1 aromatic carbocycles. The van der Waals surface area contributed by atoms with Gasteiger partial charge in [0.15, 0.2) is 0 Å². The number of benzene rings is 1. The number of likely N-dealkylation sites (tertiary alicyclic amines) is 1. The summed E-state index contributed by atoms with van der Waals surface area (Å²) in [6.07, 6.45) is -0.629. The average Bonchev–Trinajstić information content (AvgIpc) is 2.95. The van der Waals surface area contributed by atoms with E-state index in [2.05, 4.69) is 43.9 Å². The summed E-state index contributed by atoms with van der Waals surface area (Å²) in [4.78, 5) is 29.5. The minimum Gasteiger partial charge on any atom is -0.444 e. The predicted molar refractivity (Wildman–Crippen MR) is 107 cm³/mol. The first-order valence-corrected chi connectivity index (χ1v) is 12.2. The molecule has 1 aliphatic rings. The molecule has 0 saturated carbocycles. The van der Waals surface area contributed by atoms with Crippen LogP contribution in [0.4, 0.5) is 4.79 Å². The number of azide groups is 1. The van der Waals surface area contributed by atoms with E-state index in [-0.39, 0.29) is 29.6 Å². The molecule has 0 spiro atoms. The lowest BCUT2D eigenvalue weighted by atomic mass is 10.1. The summed E-state index contributed by atoms with van der Waals surface area (Å²) in [7, 11) is -1.95. The van der Waals surface area contributed by atoms with Gasteiger partial charge in [0.25, 0.3) is 0 Å². The van der Waals surface area contributed by atoms with Crippen molar-refractivity contribution < 1.29 is 14.3 Å². The highest BCUT2D eigenvalue weighted by molar-refractivity contribution is 6.82. The molecule has 2 rings (SSSR count). The molecule has 0 bridgehead atoms. The number of ether oxygens (including phenoxy) is 1. The van der Waals surface area contributed by atoms with Gasteiger partial charge < -0.3 is 4.74 Å². The lowest BCUT2D eigenvalue weighted by Crippen LogP contribution is -2.46. The molecule has 1 fully saturated rings. The van der Waals surface area contributed by atoms with E-state index in [1.165, 1.54) is 4.90 Å². The van der Waals surface area contributed by atoms with Crippen LogP contribution < -0.4 is 0 Å². The van der Waals surface area contributed by atoms with Gasteiger partial charge in [-0.05, 0) is 21.7 Å². The van der Waals surface area contributed by atoms with Crippen molar-refractivity contribution in [2.45, 2.75) is 51.1 Å². The van der Waals surface area contributed by atoms with Crippen LogP contribution in [0.5, 0.6) is 0 Å². The number of carbonyl (C=O) groups is 2. The Bertz CT molecular complexity index is 739. The maximum absolute atomic E-state index is 12.9. The van der Waals surface area contributed by atoms with Crippen LogP contribution in [0.15, 0.2) is 35.4 Å². The molecule has 1 aromatic rings. The standard InChI is InChI=1S/C19H28N4O3Si/c1-19(2,3)27(4,5)16-12-23(17(24)15(16)11-21-22-20)18(25)26-13-14-9-7-6-8-10-14/h6-10,15-16H,11-13H2,1-5H3/t15-,16-/m0/s1. The van der Waals surface area contributed by atoms with Crippen molar-refractivity contribution in [3.8, 4) is 0 Å². The van der Waals surface area contributed by atoms with Gasteiger partial charge in [-0.25, -0.2) is 9.69 Å². The number of imide groups is 1. The Hall–Kier alpha value is -2.31. The molecule has 0 aromatic heterocycles. The van der Waals surface area contributed by atoms with E-state index in [9.17, 15) is 9.59 Å². The summed E-state index contributed by atoms with van der Waals surface area (Å²) in [5, 5.41) is 3.68. The van der Waals surface area contributed by atoms with Crippen LogP contribution in [-0.2, 0) is 16.1 Å². The van der Waals surface area contributed by atoms with Crippen LogP contribution in [0.3, 0.4) is 0 Å². The summed E-state index contributed by atoms with van der Waals surface area (Å²) in [6.45, 7) is 11.5. The van der Waals surface area contributed by atoms with Crippen LogP contribution in [-0.4, -0.2) is 38.1 Å². The first kappa shape index (κ1) is 21.0. The van der Waals surface area contributed by atoms with Gasteiger partial charge in [-0.3, -0.25) is 4.79 Å². The molecule has 146 valence electrons. The molecule has 0 radical (unpaired) electrons. The SMILES string of the molecule is CC(C)(C)[Si](C)(C)[C@H]1CN(C(=O)OCc2ccccc2)C(=O)[C@H]1CN=[N+]=[N-]. The molecule has 8 heteroatoms. The number of amides is 2. The summed E-state index contributed by atoms with van der Waals surface area (Å²) in [6, 6.07) is 9.35. The highest BCUT2D eigenvalue weighted by Crippen LogP contribution is 2.49. The third-order valence-electron chi connectivity index (χ3n) is 6.08. The van der Waals surface area contributed by atoms with Gasteiger partial charge in [0.2, 0.25) is 5.91 Å². The highest BCUT2D eigenvalue weighted by Gasteiger charge is 2.54. The predicted octanol–water partition coefficient (Wildman–Crippen LogP) is 4.97. The number of rotatable bonds is 5. The number of carbonyl (C=O) groups excluding carboxylic acids is 2. The zero-order chi connectivity index (χ0) is 20.2. The Labute approximate surface area is 161 Å².